The van der Waals surface area contributed by atoms with Crippen LogP contribution in [0.25, 0.3) is 16.7 Å². The smallest absolute Gasteiger partial charge is 0.276 e. The van der Waals surface area contributed by atoms with Gasteiger partial charge in [0.1, 0.15) is 5.52 Å². The molecule has 1 N–H and O–H groups in total. The van der Waals surface area contributed by atoms with E-state index in [-0.39, 0.29) is 11.5 Å². The van der Waals surface area contributed by atoms with Crippen LogP contribution in [0.4, 0.5) is 0 Å². The number of fused-ring (bicyclic) bond motifs is 3. The van der Waals surface area contributed by atoms with Gasteiger partial charge >= 0.3 is 0 Å². The van der Waals surface area contributed by atoms with Crippen molar-refractivity contribution in [3.63, 3.8) is 0 Å². The molecule has 4 aromatic rings. The molecule has 0 unspecified atom stereocenters. The Kier molecular flexibility index (Phi) is 6.45. The van der Waals surface area contributed by atoms with Gasteiger partial charge in [0, 0.05) is 37.1 Å². The second-order valence-corrected chi connectivity index (χ2v) is 9.19. The second kappa shape index (κ2) is 9.81. The van der Waals surface area contributed by atoms with E-state index in [1.807, 2.05) is 59.1 Å². The highest BCUT2D eigenvalue weighted by molar-refractivity contribution is 5.94. The first-order chi connectivity index (χ1) is 16.6. The molecule has 0 spiro atoms. The molecule has 1 amide bonds. The second-order valence-electron chi connectivity index (χ2n) is 9.19. The van der Waals surface area contributed by atoms with E-state index in [0.717, 1.165) is 30.6 Å². The van der Waals surface area contributed by atoms with Crippen molar-refractivity contribution in [2.45, 2.75) is 45.2 Å². The summed E-state index contributed by atoms with van der Waals surface area (Å²) in [6, 6.07) is 15.7. The van der Waals surface area contributed by atoms with Gasteiger partial charge in [0.2, 0.25) is 0 Å². The number of aromatic nitrogens is 3. The number of hydrogen-bond acceptors (Lipinski definition) is 4. The van der Waals surface area contributed by atoms with Crippen LogP contribution in [0.5, 0.6) is 0 Å². The summed E-state index contributed by atoms with van der Waals surface area (Å²) in [6.07, 6.45) is 8.38. The number of piperidine rings is 1. The molecule has 1 aliphatic heterocycles. The molecule has 1 aromatic carbocycles. The van der Waals surface area contributed by atoms with E-state index in [1.54, 1.807) is 10.8 Å². The lowest BCUT2D eigenvalue weighted by molar-refractivity contribution is 0.0948. The third-order valence-electron chi connectivity index (χ3n) is 6.87. The third kappa shape index (κ3) is 4.48. The summed E-state index contributed by atoms with van der Waals surface area (Å²) in [5, 5.41) is 3.06. The fraction of sp³-hybridized carbons (Fsp3) is 0.370. The number of benzene rings is 1. The van der Waals surface area contributed by atoms with Gasteiger partial charge in [-0.1, -0.05) is 18.6 Å². The molecule has 4 heterocycles. The Bertz CT molecular complexity index is 1370. The summed E-state index contributed by atoms with van der Waals surface area (Å²) in [7, 11) is 0. The molecule has 0 bridgehead atoms. The lowest BCUT2D eigenvalue weighted by atomic mass is 10.0. The molecule has 5 rings (SSSR count). The molecule has 1 fully saturated rings. The minimum Gasteiger partial charge on any atom is -0.352 e. The fourth-order valence-electron chi connectivity index (χ4n) is 5.00. The molecular formula is C27H31N5O2. The van der Waals surface area contributed by atoms with Crippen molar-refractivity contribution in [3.05, 3.63) is 82.4 Å². The minimum atomic E-state index is -0.0991. The van der Waals surface area contributed by atoms with Gasteiger partial charge < -0.3 is 14.6 Å². The standard InChI is InChI=1S/C27H31N5O2/c1-20-8-2-3-15-30(20)16-7-14-29-26(33)22-10-4-9-21(18-22)19-32-25-23(11-5-13-28-25)31-17-6-12-24(31)27(32)34/h4-6,9-13,17-18,20H,2-3,7-8,14-16,19H2,1H3,(H,29,33)/t20-/m1/s1. The highest BCUT2D eigenvalue weighted by Gasteiger charge is 2.17. The Morgan fingerprint density at radius 3 is 2.88 bits per heavy atom. The Morgan fingerprint density at radius 1 is 1.12 bits per heavy atom. The summed E-state index contributed by atoms with van der Waals surface area (Å²) in [4.78, 5) is 32.9. The number of carbonyl (C=O) groups excluding carboxylic acids is 1. The molecular weight excluding hydrogens is 426 g/mol. The van der Waals surface area contributed by atoms with Crippen molar-refractivity contribution in [1.29, 1.82) is 0 Å². The molecule has 1 aliphatic rings. The molecule has 0 aliphatic carbocycles. The van der Waals surface area contributed by atoms with E-state index in [4.69, 9.17) is 0 Å². The van der Waals surface area contributed by atoms with Crippen molar-refractivity contribution >= 4 is 22.6 Å². The van der Waals surface area contributed by atoms with Crippen LogP contribution in [0.1, 0.15) is 48.5 Å². The van der Waals surface area contributed by atoms with Crippen molar-refractivity contribution in [2.75, 3.05) is 19.6 Å². The number of nitrogens with zero attached hydrogens (tertiary/aromatic N) is 4. The maximum Gasteiger partial charge on any atom is 0.276 e. The number of pyridine rings is 1. The normalized spacial score (nSPS) is 16.8. The topological polar surface area (TPSA) is 71.6 Å². The van der Waals surface area contributed by atoms with Crippen LogP contribution in [0, 0.1) is 0 Å². The maximum absolute atomic E-state index is 13.2. The van der Waals surface area contributed by atoms with Gasteiger partial charge in [0.15, 0.2) is 5.65 Å². The van der Waals surface area contributed by atoms with Gasteiger partial charge in [-0.05, 0) is 74.7 Å². The fourth-order valence-corrected chi connectivity index (χ4v) is 5.00. The largest absolute Gasteiger partial charge is 0.352 e. The van der Waals surface area contributed by atoms with Gasteiger partial charge in [-0.15, -0.1) is 0 Å². The van der Waals surface area contributed by atoms with E-state index >= 15 is 0 Å². The molecule has 7 heteroatoms. The van der Waals surface area contributed by atoms with Gasteiger partial charge in [0.25, 0.3) is 11.5 Å². The molecule has 1 atom stereocenters. The van der Waals surface area contributed by atoms with Crippen LogP contribution in [-0.4, -0.2) is 50.4 Å². The molecule has 0 radical (unpaired) electrons. The molecule has 3 aromatic heterocycles. The molecule has 34 heavy (non-hydrogen) atoms. The predicted molar refractivity (Wildman–Crippen MR) is 134 cm³/mol. The summed E-state index contributed by atoms with van der Waals surface area (Å²) >= 11 is 0. The van der Waals surface area contributed by atoms with Crippen LogP contribution in [0.2, 0.25) is 0 Å². The van der Waals surface area contributed by atoms with Crippen molar-refractivity contribution in [2.24, 2.45) is 0 Å². The first-order valence-electron chi connectivity index (χ1n) is 12.2. The van der Waals surface area contributed by atoms with E-state index in [9.17, 15) is 9.59 Å². The zero-order valence-electron chi connectivity index (χ0n) is 19.6. The number of likely N-dealkylation sites (tertiary alicyclic amines) is 1. The average Bonchev–Trinajstić information content (AvgIpc) is 3.36. The van der Waals surface area contributed by atoms with Crippen LogP contribution >= 0.6 is 0 Å². The third-order valence-corrected chi connectivity index (χ3v) is 6.87. The Morgan fingerprint density at radius 2 is 2.00 bits per heavy atom. The molecule has 176 valence electrons. The number of nitrogens with one attached hydrogen (secondary N) is 1. The SMILES string of the molecule is C[C@@H]1CCCCN1CCCNC(=O)c1cccc(Cn2c(=O)c3cccn3c3cccnc32)c1. The Balaban J connectivity index is 1.29. The van der Waals surface area contributed by atoms with Crippen LogP contribution in [0.3, 0.4) is 0 Å². The number of amides is 1. The summed E-state index contributed by atoms with van der Waals surface area (Å²) < 4.78 is 3.55. The van der Waals surface area contributed by atoms with Crippen molar-refractivity contribution in [1.82, 2.24) is 24.2 Å². The molecule has 7 nitrogen and oxygen atoms in total. The summed E-state index contributed by atoms with van der Waals surface area (Å²) in [5.41, 5.74) is 3.50. The summed E-state index contributed by atoms with van der Waals surface area (Å²) in [6.45, 7) is 5.48. The quantitative estimate of drug-likeness (QED) is 0.430. The Labute approximate surface area is 199 Å². The van der Waals surface area contributed by atoms with Crippen molar-refractivity contribution < 1.29 is 4.79 Å². The minimum absolute atomic E-state index is 0.0779. The highest BCUT2D eigenvalue weighted by atomic mass is 16.1. The summed E-state index contributed by atoms with van der Waals surface area (Å²) in [5.74, 6) is -0.0779. The first-order valence-corrected chi connectivity index (χ1v) is 12.2. The number of rotatable bonds is 7. The first kappa shape index (κ1) is 22.3. The highest BCUT2D eigenvalue weighted by Crippen LogP contribution is 2.17. The van der Waals surface area contributed by atoms with E-state index in [0.29, 0.717) is 35.9 Å². The van der Waals surface area contributed by atoms with Crippen LogP contribution in [0.15, 0.2) is 65.7 Å². The molecule has 1 saturated heterocycles. The van der Waals surface area contributed by atoms with E-state index in [2.05, 4.69) is 22.1 Å². The number of hydrogen-bond donors (Lipinski definition) is 1. The lowest BCUT2D eigenvalue weighted by Gasteiger charge is -2.33. The Hall–Kier alpha value is -3.45. The van der Waals surface area contributed by atoms with E-state index in [1.165, 1.54) is 19.3 Å². The average molecular weight is 458 g/mol. The van der Waals surface area contributed by atoms with Gasteiger partial charge in [-0.2, -0.15) is 0 Å². The van der Waals surface area contributed by atoms with Gasteiger partial charge in [-0.25, -0.2) is 4.98 Å². The predicted octanol–water partition coefficient (Wildman–Crippen LogP) is 3.69. The van der Waals surface area contributed by atoms with Crippen LogP contribution < -0.4 is 10.9 Å². The molecule has 0 saturated carbocycles. The zero-order chi connectivity index (χ0) is 23.5. The zero-order valence-corrected chi connectivity index (χ0v) is 19.6. The number of carbonyl (C=O) groups is 1. The monoisotopic (exact) mass is 457 g/mol. The maximum atomic E-state index is 13.2. The van der Waals surface area contributed by atoms with Crippen molar-refractivity contribution in [3.8, 4) is 0 Å². The van der Waals surface area contributed by atoms with Gasteiger partial charge in [0.05, 0.1) is 12.1 Å². The van der Waals surface area contributed by atoms with Crippen LogP contribution in [-0.2, 0) is 6.54 Å². The van der Waals surface area contributed by atoms with E-state index < -0.39 is 0 Å². The lowest BCUT2D eigenvalue weighted by Crippen LogP contribution is -2.39. The van der Waals surface area contributed by atoms with Gasteiger partial charge in [-0.3, -0.25) is 14.2 Å².